The molecule has 0 aliphatic carbocycles. The first-order valence-electron chi connectivity index (χ1n) is 10.1. The number of nitrogens with zero attached hydrogens (tertiary/aromatic N) is 2. The number of carboxylic acid groups (broad SMARTS) is 1. The van der Waals surface area contributed by atoms with Gasteiger partial charge in [0.15, 0.2) is 17.3 Å². The first kappa shape index (κ1) is 22.0. The van der Waals surface area contributed by atoms with Gasteiger partial charge in [-0.3, -0.25) is 0 Å². The second-order valence-electron chi connectivity index (χ2n) is 7.49. The fraction of sp³-hybridized carbons (Fsp3) is 0.174. The second kappa shape index (κ2) is 8.49. The van der Waals surface area contributed by atoms with Crippen molar-refractivity contribution in [2.75, 3.05) is 18.7 Å². The zero-order valence-corrected chi connectivity index (χ0v) is 18.2. The molecule has 2 aromatic heterocycles. The number of aromatic nitrogens is 2. The number of halogens is 3. The van der Waals surface area contributed by atoms with E-state index >= 15 is 0 Å². The SMILES string of the molecule is O=C(O)c1c(-c2ncc3ccsc3n2)cc(NCCc2ccc3c(c2)OCO3)cc1C(F)(F)F. The van der Waals surface area contributed by atoms with Crippen LogP contribution in [0.1, 0.15) is 21.5 Å². The quantitative estimate of drug-likeness (QED) is 0.373. The number of aromatic carboxylic acids is 1. The van der Waals surface area contributed by atoms with Gasteiger partial charge in [0, 0.05) is 29.4 Å². The van der Waals surface area contributed by atoms with E-state index < -0.39 is 23.3 Å². The number of fused-ring (bicyclic) bond motifs is 2. The topological polar surface area (TPSA) is 93.6 Å². The van der Waals surface area contributed by atoms with Crippen LogP contribution in [0.4, 0.5) is 18.9 Å². The molecule has 4 aromatic rings. The van der Waals surface area contributed by atoms with Crippen LogP contribution in [0, 0.1) is 0 Å². The number of thiophene rings is 1. The molecule has 2 aromatic carbocycles. The Balaban J connectivity index is 1.49. The Morgan fingerprint density at radius 3 is 2.76 bits per heavy atom. The molecule has 0 spiro atoms. The number of benzene rings is 2. The lowest BCUT2D eigenvalue weighted by Gasteiger charge is -2.17. The van der Waals surface area contributed by atoms with Gasteiger partial charge in [-0.25, -0.2) is 14.8 Å². The van der Waals surface area contributed by atoms with Crippen molar-refractivity contribution >= 4 is 33.2 Å². The number of ether oxygens (including phenoxy) is 2. The predicted octanol–water partition coefficient (Wildman–Crippen LogP) is 5.46. The highest BCUT2D eigenvalue weighted by Gasteiger charge is 2.38. The van der Waals surface area contributed by atoms with E-state index in [4.69, 9.17) is 9.47 Å². The van der Waals surface area contributed by atoms with Crippen LogP contribution < -0.4 is 14.8 Å². The molecule has 11 heteroatoms. The van der Waals surface area contributed by atoms with Crippen LogP contribution in [0.3, 0.4) is 0 Å². The Morgan fingerprint density at radius 2 is 1.97 bits per heavy atom. The highest BCUT2D eigenvalue weighted by molar-refractivity contribution is 7.16. The molecule has 0 saturated heterocycles. The summed E-state index contributed by atoms with van der Waals surface area (Å²) in [5, 5.41) is 15.1. The minimum atomic E-state index is -4.88. The Kier molecular flexibility index (Phi) is 5.48. The van der Waals surface area contributed by atoms with Crippen LogP contribution in [0.15, 0.2) is 48.0 Å². The molecule has 0 radical (unpaired) electrons. The largest absolute Gasteiger partial charge is 0.478 e. The maximum atomic E-state index is 13.8. The van der Waals surface area contributed by atoms with Gasteiger partial charge in [0.1, 0.15) is 4.83 Å². The summed E-state index contributed by atoms with van der Waals surface area (Å²) in [4.78, 5) is 20.9. The van der Waals surface area contributed by atoms with Crippen LogP contribution in [0.5, 0.6) is 11.5 Å². The van der Waals surface area contributed by atoms with Crippen molar-refractivity contribution in [3.63, 3.8) is 0 Å². The number of alkyl halides is 3. The summed E-state index contributed by atoms with van der Waals surface area (Å²) in [5.41, 5.74) is -1.34. The van der Waals surface area contributed by atoms with Crippen LogP contribution >= 0.6 is 11.3 Å². The highest BCUT2D eigenvalue weighted by Crippen LogP contribution is 2.39. The van der Waals surface area contributed by atoms with Gasteiger partial charge < -0.3 is 19.9 Å². The Labute approximate surface area is 194 Å². The molecule has 0 saturated carbocycles. The van der Waals surface area contributed by atoms with Gasteiger partial charge in [-0.1, -0.05) is 6.07 Å². The molecule has 174 valence electrons. The average Bonchev–Trinajstić information content (AvgIpc) is 3.46. The molecule has 3 heterocycles. The Bertz CT molecular complexity index is 1400. The van der Waals surface area contributed by atoms with Gasteiger partial charge in [-0.15, -0.1) is 11.3 Å². The van der Waals surface area contributed by atoms with Crippen molar-refractivity contribution in [1.29, 1.82) is 0 Å². The number of hydrogen-bond donors (Lipinski definition) is 2. The smallest absolute Gasteiger partial charge is 0.417 e. The van der Waals surface area contributed by atoms with Gasteiger partial charge in [-0.05, 0) is 47.7 Å². The average molecular weight is 487 g/mol. The molecule has 0 atom stereocenters. The molecule has 5 rings (SSSR count). The van der Waals surface area contributed by atoms with Gasteiger partial charge in [0.2, 0.25) is 6.79 Å². The molecule has 34 heavy (non-hydrogen) atoms. The zero-order chi connectivity index (χ0) is 23.9. The van der Waals surface area contributed by atoms with E-state index in [0.717, 1.165) is 17.0 Å². The van der Waals surface area contributed by atoms with Crippen LogP contribution in [0.25, 0.3) is 21.6 Å². The molecular weight excluding hydrogens is 471 g/mol. The lowest BCUT2D eigenvalue weighted by atomic mass is 9.98. The summed E-state index contributed by atoms with van der Waals surface area (Å²) in [6, 6.07) is 9.35. The monoisotopic (exact) mass is 487 g/mol. The Morgan fingerprint density at radius 1 is 1.15 bits per heavy atom. The fourth-order valence-electron chi connectivity index (χ4n) is 3.71. The van der Waals surface area contributed by atoms with Crippen molar-refractivity contribution in [2.45, 2.75) is 12.6 Å². The first-order chi connectivity index (χ1) is 16.3. The van der Waals surface area contributed by atoms with Gasteiger partial charge >= 0.3 is 12.1 Å². The van der Waals surface area contributed by atoms with Gasteiger partial charge in [0.05, 0.1) is 11.1 Å². The molecular formula is C23H16F3N3O4S. The molecule has 7 nitrogen and oxygen atoms in total. The number of anilines is 1. The molecule has 1 aliphatic heterocycles. The number of carbonyl (C=O) groups is 1. The van der Waals surface area contributed by atoms with Crippen LogP contribution in [0.2, 0.25) is 0 Å². The van der Waals surface area contributed by atoms with Crippen molar-refractivity contribution < 1.29 is 32.5 Å². The molecule has 0 amide bonds. The number of carboxylic acids is 1. The van der Waals surface area contributed by atoms with Gasteiger partial charge in [-0.2, -0.15) is 13.2 Å². The molecule has 0 bridgehead atoms. The van der Waals surface area contributed by atoms with Gasteiger partial charge in [0.25, 0.3) is 0 Å². The van der Waals surface area contributed by atoms with Crippen molar-refractivity contribution in [3.8, 4) is 22.9 Å². The summed E-state index contributed by atoms with van der Waals surface area (Å²) in [5.74, 6) is -0.532. The summed E-state index contributed by atoms with van der Waals surface area (Å²) in [7, 11) is 0. The third-order valence-corrected chi connectivity index (χ3v) is 6.11. The normalized spacial score (nSPS) is 12.8. The summed E-state index contributed by atoms with van der Waals surface area (Å²) < 4.78 is 52.2. The first-order valence-corrected chi connectivity index (χ1v) is 11.0. The van der Waals surface area contributed by atoms with E-state index in [0.29, 0.717) is 29.3 Å². The minimum absolute atomic E-state index is 0.0859. The van der Waals surface area contributed by atoms with E-state index in [2.05, 4.69) is 15.3 Å². The van der Waals surface area contributed by atoms with Crippen molar-refractivity contribution in [2.24, 2.45) is 0 Å². The molecule has 0 fully saturated rings. The third kappa shape index (κ3) is 4.21. The number of hydrogen-bond acceptors (Lipinski definition) is 7. The minimum Gasteiger partial charge on any atom is -0.478 e. The summed E-state index contributed by atoms with van der Waals surface area (Å²) in [6.07, 6.45) is -2.93. The Hall–Kier alpha value is -3.86. The standard InChI is InChI=1S/C23H16F3N3O4S/c24-23(25,26)16-9-14(27-5-3-12-1-2-17-18(7-12)33-11-32-17)8-15(19(16)22(30)31)20-28-10-13-4-6-34-21(13)29-20/h1-2,4,6-10,27H,3,5,11H2,(H,30,31). The maximum absolute atomic E-state index is 13.8. The van der Waals surface area contributed by atoms with Crippen LogP contribution in [-0.2, 0) is 12.6 Å². The van der Waals surface area contributed by atoms with E-state index in [9.17, 15) is 23.1 Å². The van der Waals surface area contributed by atoms with E-state index in [1.807, 2.05) is 12.1 Å². The second-order valence-corrected chi connectivity index (χ2v) is 8.38. The number of nitrogens with one attached hydrogen (secondary N) is 1. The van der Waals surface area contributed by atoms with Crippen molar-refractivity contribution in [3.05, 3.63) is 64.7 Å². The predicted molar refractivity (Wildman–Crippen MR) is 120 cm³/mol. The van der Waals surface area contributed by atoms with E-state index in [-0.39, 0.29) is 23.9 Å². The van der Waals surface area contributed by atoms with Crippen LogP contribution in [-0.4, -0.2) is 34.4 Å². The van der Waals surface area contributed by atoms with E-state index in [1.165, 1.54) is 23.6 Å². The maximum Gasteiger partial charge on any atom is 0.417 e. The van der Waals surface area contributed by atoms with E-state index in [1.54, 1.807) is 17.5 Å². The third-order valence-electron chi connectivity index (χ3n) is 5.29. The molecule has 1 aliphatic rings. The summed E-state index contributed by atoms with van der Waals surface area (Å²) in [6.45, 7) is 0.447. The fourth-order valence-corrected chi connectivity index (χ4v) is 4.45. The lowest BCUT2D eigenvalue weighted by molar-refractivity contribution is -0.138. The lowest BCUT2D eigenvalue weighted by Crippen LogP contribution is -2.16. The molecule has 0 unspecified atom stereocenters. The summed E-state index contributed by atoms with van der Waals surface area (Å²) >= 11 is 1.29. The number of rotatable bonds is 6. The molecule has 2 N–H and O–H groups in total. The highest BCUT2D eigenvalue weighted by atomic mass is 32.1. The van der Waals surface area contributed by atoms with Crippen molar-refractivity contribution in [1.82, 2.24) is 9.97 Å². The zero-order valence-electron chi connectivity index (χ0n) is 17.3.